The van der Waals surface area contributed by atoms with E-state index in [4.69, 9.17) is 10.2 Å². The first-order chi connectivity index (χ1) is 12.4. The van der Waals surface area contributed by atoms with Gasteiger partial charge in [0.15, 0.2) is 0 Å². The molecule has 3 rings (SSSR count). The van der Waals surface area contributed by atoms with Crippen molar-refractivity contribution in [3.05, 3.63) is 70.4 Å². The highest BCUT2D eigenvalue weighted by Gasteiger charge is 2.20. The molecule has 3 aromatic rings. The molecule has 136 valence electrons. The predicted molar refractivity (Wildman–Crippen MR) is 100 cm³/mol. The third-order valence-corrected chi connectivity index (χ3v) is 4.63. The number of furan rings is 1. The van der Waals surface area contributed by atoms with Crippen molar-refractivity contribution in [2.75, 3.05) is 7.05 Å². The standard InChI is InChI=1S/C20H24N4O2/c1-13-7-5-6-8-19(13)24-15(3)18(14(2)22-24)11-23(4)20(25)16-9-17(10-21)26-12-16/h5-9,12H,10-11,21H2,1-4H3. The molecule has 0 bridgehead atoms. The van der Waals surface area contributed by atoms with E-state index >= 15 is 0 Å². The summed E-state index contributed by atoms with van der Waals surface area (Å²) in [5.74, 6) is 0.498. The molecular formula is C20H24N4O2. The Kier molecular flexibility index (Phi) is 4.95. The summed E-state index contributed by atoms with van der Waals surface area (Å²) in [6.07, 6.45) is 1.46. The highest BCUT2D eigenvalue weighted by Crippen LogP contribution is 2.22. The fourth-order valence-electron chi connectivity index (χ4n) is 3.07. The van der Waals surface area contributed by atoms with Gasteiger partial charge in [-0.2, -0.15) is 5.10 Å². The molecule has 0 radical (unpaired) electrons. The van der Waals surface area contributed by atoms with Crippen LogP contribution in [-0.4, -0.2) is 27.6 Å². The number of para-hydroxylation sites is 1. The number of carbonyl (C=O) groups excluding carboxylic acids is 1. The lowest BCUT2D eigenvalue weighted by molar-refractivity contribution is 0.0784. The van der Waals surface area contributed by atoms with Crippen LogP contribution in [0.15, 0.2) is 41.0 Å². The molecule has 0 saturated carbocycles. The second-order valence-corrected chi connectivity index (χ2v) is 6.51. The quantitative estimate of drug-likeness (QED) is 0.765. The molecule has 1 aromatic carbocycles. The van der Waals surface area contributed by atoms with Crippen LogP contribution in [0.2, 0.25) is 0 Å². The van der Waals surface area contributed by atoms with E-state index < -0.39 is 0 Å². The average molecular weight is 352 g/mol. The van der Waals surface area contributed by atoms with Gasteiger partial charge in [-0.25, -0.2) is 4.68 Å². The maximum atomic E-state index is 12.6. The van der Waals surface area contributed by atoms with Crippen molar-refractivity contribution in [2.45, 2.75) is 33.9 Å². The highest BCUT2D eigenvalue weighted by atomic mass is 16.3. The number of benzene rings is 1. The topological polar surface area (TPSA) is 77.3 Å². The van der Waals surface area contributed by atoms with Gasteiger partial charge >= 0.3 is 0 Å². The van der Waals surface area contributed by atoms with Gasteiger partial charge in [0.05, 0.1) is 23.5 Å². The highest BCUT2D eigenvalue weighted by molar-refractivity contribution is 5.93. The maximum absolute atomic E-state index is 12.6. The Morgan fingerprint density at radius 3 is 2.65 bits per heavy atom. The fourth-order valence-corrected chi connectivity index (χ4v) is 3.07. The second-order valence-electron chi connectivity index (χ2n) is 6.51. The van der Waals surface area contributed by atoms with Crippen molar-refractivity contribution in [3.63, 3.8) is 0 Å². The van der Waals surface area contributed by atoms with Crippen molar-refractivity contribution >= 4 is 5.91 Å². The van der Waals surface area contributed by atoms with E-state index in [-0.39, 0.29) is 12.5 Å². The molecule has 2 aromatic heterocycles. The molecule has 0 aliphatic carbocycles. The molecule has 0 saturated heterocycles. The molecule has 0 spiro atoms. The van der Waals surface area contributed by atoms with Crippen molar-refractivity contribution in [3.8, 4) is 5.69 Å². The SMILES string of the molecule is Cc1ccccc1-n1nc(C)c(CN(C)C(=O)c2coc(CN)c2)c1C. The van der Waals surface area contributed by atoms with Crippen molar-refractivity contribution in [2.24, 2.45) is 5.73 Å². The average Bonchev–Trinajstić information content (AvgIpc) is 3.21. The number of aromatic nitrogens is 2. The Bertz CT molecular complexity index is 939. The Morgan fingerprint density at radius 2 is 2.00 bits per heavy atom. The molecule has 6 heteroatoms. The van der Waals surface area contributed by atoms with E-state index in [1.54, 1.807) is 18.0 Å². The zero-order valence-electron chi connectivity index (χ0n) is 15.6. The zero-order valence-corrected chi connectivity index (χ0v) is 15.6. The van der Waals surface area contributed by atoms with Gasteiger partial charge in [0, 0.05) is 24.8 Å². The van der Waals surface area contributed by atoms with Gasteiger partial charge < -0.3 is 15.1 Å². The van der Waals surface area contributed by atoms with Crippen LogP contribution in [0.25, 0.3) is 5.69 Å². The van der Waals surface area contributed by atoms with Crippen LogP contribution in [0.1, 0.15) is 38.6 Å². The van der Waals surface area contributed by atoms with Gasteiger partial charge in [-0.05, 0) is 38.5 Å². The first-order valence-corrected chi connectivity index (χ1v) is 8.56. The molecule has 2 heterocycles. The number of rotatable bonds is 5. The van der Waals surface area contributed by atoms with Crippen LogP contribution in [0.3, 0.4) is 0 Å². The number of amides is 1. The number of hydrogen-bond acceptors (Lipinski definition) is 4. The monoisotopic (exact) mass is 352 g/mol. The minimum atomic E-state index is -0.101. The lowest BCUT2D eigenvalue weighted by atomic mass is 10.1. The molecule has 0 fully saturated rings. The summed E-state index contributed by atoms with van der Waals surface area (Å²) >= 11 is 0. The minimum Gasteiger partial charge on any atom is -0.467 e. The fraction of sp³-hybridized carbons (Fsp3) is 0.300. The van der Waals surface area contributed by atoms with Crippen LogP contribution < -0.4 is 5.73 Å². The Morgan fingerprint density at radius 1 is 1.27 bits per heavy atom. The number of carbonyl (C=O) groups is 1. The van der Waals surface area contributed by atoms with Crippen LogP contribution in [0.4, 0.5) is 0 Å². The molecule has 26 heavy (non-hydrogen) atoms. The number of nitrogens with two attached hydrogens (primary N) is 1. The molecule has 0 atom stereocenters. The van der Waals surface area contributed by atoms with Gasteiger partial charge in [0.1, 0.15) is 12.0 Å². The minimum absolute atomic E-state index is 0.101. The molecule has 2 N–H and O–H groups in total. The molecule has 1 amide bonds. The summed E-state index contributed by atoms with van der Waals surface area (Å²) in [6, 6.07) is 9.82. The number of nitrogens with zero attached hydrogens (tertiary/aromatic N) is 3. The van der Waals surface area contributed by atoms with Gasteiger partial charge in [0.25, 0.3) is 5.91 Å². The maximum Gasteiger partial charge on any atom is 0.257 e. The van der Waals surface area contributed by atoms with E-state index in [1.165, 1.54) is 6.26 Å². The zero-order chi connectivity index (χ0) is 18.8. The molecule has 6 nitrogen and oxygen atoms in total. The van der Waals surface area contributed by atoms with Gasteiger partial charge in [-0.3, -0.25) is 4.79 Å². The largest absolute Gasteiger partial charge is 0.467 e. The van der Waals surface area contributed by atoms with E-state index in [0.717, 1.165) is 28.2 Å². The summed E-state index contributed by atoms with van der Waals surface area (Å²) in [4.78, 5) is 14.3. The third-order valence-electron chi connectivity index (χ3n) is 4.63. The normalized spacial score (nSPS) is 11.0. The first kappa shape index (κ1) is 17.9. The van der Waals surface area contributed by atoms with E-state index in [1.807, 2.05) is 36.7 Å². The van der Waals surface area contributed by atoms with Crippen LogP contribution >= 0.6 is 0 Å². The smallest absolute Gasteiger partial charge is 0.257 e. The molecule has 0 aliphatic heterocycles. The second kappa shape index (κ2) is 7.17. The summed E-state index contributed by atoms with van der Waals surface area (Å²) in [5.41, 5.74) is 11.3. The van der Waals surface area contributed by atoms with Crippen molar-refractivity contribution in [1.82, 2.24) is 14.7 Å². The predicted octanol–water partition coefficient (Wildman–Crippen LogP) is 3.12. The van der Waals surface area contributed by atoms with Crippen molar-refractivity contribution < 1.29 is 9.21 Å². The number of aryl methyl sites for hydroxylation is 2. The van der Waals surface area contributed by atoms with Gasteiger partial charge in [-0.1, -0.05) is 18.2 Å². The summed E-state index contributed by atoms with van der Waals surface area (Å²) in [7, 11) is 1.78. The van der Waals surface area contributed by atoms with Gasteiger partial charge in [-0.15, -0.1) is 0 Å². The van der Waals surface area contributed by atoms with Crippen LogP contribution in [0.5, 0.6) is 0 Å². The lowest BCUT2D eigenvalue weighted by Gasteiger charge is -2.17. The Balaban J connectivity index is 1.86. The lowest BCUT2D eigenvalue weighted by Crippen LogP contribution is -2.26. The molecule has 0 aliphatic rings. The van der Waals surface area contributed by atoms with E-state index in [9.17, 15) is 4.79 Å². The summed E-state index contributed by atoms with van der Waals surface area (Å²) < 4.78 is 7.22. The molecule has 0 unspecified atom stereocenters. The Hall–Kier alpha value is -2.86. The summed E-state index contributed by atoms with van der Waals surface area (Å²) in [6.45, 7) is 6.82. The number of hydrogen-bond donors (Lipinski definition) is 1. The van der Waals surface area contributed by atoms with Gasteiger partial charge in [0.2, 0.25) is 0 Å². The third kappa shape index (κ3) is 3.28. The van der Waals surface area contributed by atoms with Crippen molar-refractivity contribution in [1.29, 1.82) is 0 Å². The first-order valence-electron chi connectivity index (χ1n) is 8.56. The summed E-state index contributed by atoms with van der Waals surface area (Å²) in [5, 5.41) is 4.69. The molecular weight excluding hydrogens is 328 g/mol. The Labute approximate surface area is 153 Å². The van der Waals surface area contributed by atoms with E-state index in [0.29, 0.717) is 17.9 Å². The van der Waals surface area contributed by atoms with E-state index in [2.05, 4.69) is 18.1 Å². The van der Waals surface area contributed by atoms with Crippen LogP contribution in [0, 0.1) is 20.8 Å². The van der Waals surface area contributed by atoms with Crippen LogP contribution in [-0.2, 0) is 13.1 Å².